The van der Waals surface area contributed by atoms with Crippen LogP contribution >= 0.6 is 0 Å². The highest BCUT2D eigenvalue weighted by atomic mass is 16.5. The Hall–Kier alpha value is -3.06. The lowest BCUT2D eigenvalue weighted by atomic mass is 10.00. The molecule has 0 aliphatic carbocycles. The molecule has 2 heterocycles. The van der Waals surface area contributed by atoms with Crippen molar-refractivity contribution in [2.45, 2.75) is 39.3 Å². The number of aryl methyl sites for hydroxylation is 2. The van der Waals surface area contributed by atoms with Crippen molar-refractivity contribution in [2.75, 3.05) is 45.2 Å². The van der Waals surface area contributed by atoms with Crippen molar-refractivity contribution in [1.82, 2.24) is 15.1 Å². The summed E-state index contributed by atoms with van der Waals surface area (Å²) in [6.45, 7) is 8.79. The molecule has 7 nitrogen and oxygen atoms in total. The molecular weight excluding hydrogens is 414 g/mol. The smallest absolute Gasteiger partial charge is 0.321 e. The number of likely N-dealkylation sites (tertiary alicyclic amines) is 1. The van der Waals surface area contributed by atoms with E-state index in [4.69, 9.17) is 4.74 Å². The molecule has 7 heteroatoms. The van der Waals surface area contributed by atoms with Gasteiger partial charge in [-0.1, -0.05) is 35.9 Å². The first-order valence-corrected chi connectivity index (χ1v) is 11.8. The standard InChI is InChI=1S/C26H35N5O2/c1-19-9-10-23(20(2)15-19)24-18-31(13-14-33-24)25(27-3)28-17-21-7-6-8-22(16-21)29-26(32)30-11-4-5-12-30/h6-10,15-16,24H,4-5,11-14,17-18H2,1-3H3,(H,27,28)(H,29,32). The minimum atomic E-state index is -0.0147. The van der Waals surface area contributed by atoms with Crippen molar-refractivity contribution in [3.8, 4) is 0 Å². The molecule has 2 fully saturated rings. The van der Waals surface area contributed by atoms with E-state index in [1.165, 1.54) is 16.7 Å². The van der Waals surface area contributed by atoms with Gasteiger partial charge >= 0.3 is 6.03 Å². The Balaban J connectivity index is 1.35. The van der Waals surface area contributed by atoms with E-state index in [0.717, 1.165) is 56.2 Å². The number of aliphatic imine (C=N–C) groups is 1. The minimum absolute atomic E-state index is 0.0147. The number of anilines is 1. The van der Waals surface area contributed by atoms with Crippen molar-refractivity contribution in [1.29, 1.82) is 0 Å². The second-order valence-corrected chi connectivity index (χ2v) is 8.89. The third-order valence-electron chi connectivity index (χ3n) is 6.37. The van der Waals surface area contributed by atoms with Crippen LogP contribution in [0.5, 0.6) is 0 Å². The molecule has 0 aromatic heterocycles. The van der Waals surface area contributed by atoms with Gasteiger partial charge in [-0.05, 0) is 55.5 Å². The highest BCUT2D eigenvalue weighted by Crippen LogP contribution is 2.26. The van der Waals surface area contributed by atoms with E-state index >= 15 is 0 Å². The fourth-order valence-electron chi connectivity index (χ4n) is 4.61. The van der Waals surface area contributed by atoms with Crippen molar-refractivity contribution in [2.24, 2.45) is 4.99 Å². The average Bonchev–Trinajstić information content (AvgIpc) is 3.35. The van der Waals surface area contributed by atoms with Crippen LogP contribution in [0.25, 0.3) is 0 Å². The van der Waals surface area contributed by atoms with Crippen LogP contribution in [0.15, 0.2) is 47.5 Å². The number of ether oxygens (including phenoxy) is 1. The fourth-order valence-corrected chi connectivity index (χ4v) is 4.61. The Morgan fingerprint density at radius 2 is 1.91 bits per heavy atom. The molecule has 2 N–H and O–H groups in total. The summed E-state index contributed by atoms with van der Waals surface area (Å²) in [6.07, 6.45) is 2.20. The number of carbonyl (C=O) groups is 1. The number of amides is 2. The number of nitrogens with one attached hydrogen (secondary N) is 2. The maximum atomic E-state index is 12.4. The second kappa shape index (κ2) is 10.7. The van der Waals surface area contributed by atoms with E-state index in [1.807, 2.05) is 30.1 Å². The number of urea groups is 1. The van der Waals surface area contributed by atoms with Crippen LogP contribution in [0, 0.1) is 13.8 Å². The normalized spacial score (nSPS) is 19.0. The zero-order chi connectivity index (χ0) is 23.2. The van der Waals surface area contributed by atoms with Crippen LogP contribution in [-0.4, -0.2) is 61.6 Å². The first-order chi connectivity index (χ1) is 16.0. The predicted molar refractivity (Wildman–Crippen MR) is 133 cm³/mol. The van der Waals surface area contributed by atoms with Gasteiger partial charge < -0.3 is 25.2 Å². The van der Waals surface area contributed by atoms with Crippen molar-refractivity contribution in [3.63, 3.8) is 0 Å². The summed E-state index contributed by atoms with van der Waals surface area (Å²) >= 11 is 0. The van der Waals surface area contributed by atoms with E-state index in [2.05, 4.69) is 58.6 Å². The third kappa shape index (κ3) is 5.85. The summed E-state index contributed by atoms with van der Waals surface area (Å²) in [5.41, 5.74) is 5.68. The summed E-state index contributed by atoms with van der Waals surface area (Å²) < 4.78 is 6.10. The van der Waals surface area contributed by atoms with E-state index < -0.39 is 0 Å². The number of carbonyl (C=O) groups excluding carboxylic acids is 1. The summed E-state index contributed by atoms with van der Waals surface area (Å²) in [4.78, 5) is 21.0. The zero-order valence-corrected chi connectivity index (χ0v) is 19.9. The number of hydrogen-bond acceptors (Lipinski definition) is 3. The SMILES string of the molecule is CN=C(NCc1cccc(NC(=O)N2CCCC2)c1)N1CCOC(c2ccc(C)cc2C)C1. The number of benzene rings is 2. The van der Waals surface area contributed by atoms with Gasteiger partial charge in [0, 0.05) is 38.9 Å². The van der Waals surface area contributed by atoms with Gasteiger partial charge in [-0.25, -0.2) is 4.79 Å². The molecule has 2 aromatic rings. The van der Waals surface area contributed by atoms with Gasteiger partial charge in [-0.15, -0.1) is 0 Å². The van der Waals surface area contributed by atoms with Crippen LogP contribution in [0.3, 0.4) is 0 Å². The molecule has 33 heavy (non-hydrogen) atoms. The van der Waals surface area contributed by atoms with Crippen molar-refractivity contribution in [3.05, 3.63) is 64.7 Å². The molecule has 4 rings (SSSR count). The number of nitrogens with zero attached hydrogens (tertiary/aromatic N) is 3. The number of morpholine rings is 1. The molecule has 0 saturated carbocycles. The predicted octanol–water partition coefficient (Wildman–Crippen LogP) is 4.08. The lowest BCUT2D eigenvalue weighted by Gasteiger charge is -2.36. The van der Waals surface area contributed by atoms with Gasteiger partial charge in [0.15, 0.2) is 5.96 Å². The summed E-state index contributed by atoms with van der Waals surface area (Å²) in [7, 11) is 1.82. The molecule has 2 saturated heterocycles. The monoisotopic (exact) mass is 449 g/mol. The quantitative estimate of drug-likeness (QED) is 0.545. The fraction of sp³-hybridized carbons (Fsp3) is 0.462. The molecule has 0 bridgehead atoms. The largest absolute Gasteiger partial charge is 0.370 e. The Morgan fingerprint density at radius 1 is 1.09 bits per heavy atom. The van der Waals surface area contributed by atoms with Crippen molar-refractivity contribution >= 4 is 17.7 Å². The zero-order valence-electron chi connectivity index (χ0n) is 19.9. The summed E-state index contributed by atoms with van der Waals surface area (Å²) in [5.74, 6) is 0.861. The minimum Gasteiger partial charge on any atom is -0.370 e. The van der Waals surface area contributed by atoms with E-state index in [-0.39, 0.29) is 12.1 Å². The lowest BCUT2D eigenvalue weighted by Crippen LogP contribution is -2.48. The van der Waals surface area contributed by atoms with Crippen LogP contribution in [-0.2, 0) is 11.3 Å². The molecule has 1 unspecified atom stereocenters. The van der Waals surface area contributed by atoms with Crippen LogP contribution < -0.4 is 10.6 Å². The lowest BCUT2D eigenvalue weighted by molar-refractivity contribution is -0.00834. The van der Waals surface area contributed by atoms with Gasteiger partial charge in [-0.3, -0.25) is 4.99 Å². The maximum Gasteiger partial charge on any atom is 0.321 e. The second-order valence-electron chi connectivity index (χ2n) is 8.89. The van der Waals surface area contributed by atoms with Crippen LogP contribution in [0.2, 0.25) is 0 Å². The highest BCUT2D eigenvalue weighted by molar-refractivity contribution is 5.89. The molecule has 0 radical (unpaired) electrons. The number of rotatable bonds is 4. The van der Waals surface area contributed by atoms with Gasteiger partial charge in [0.25, 0.3) is 0 Å². The summed E-state index contributed by atoms with van der Waals surface area (Å²) in [6, 6.07) is 14.5. The molecule has 2 aromatic carbocycles. The molecule has 2 amide bonds. The van der Waals surface area contributed by atoms with Gasteiger partial charge in [0.05, 0.1) is 13.2 Å². The third-order valence-corrected chi connectivity index (χ3v) is 6.37. The highest BCUT2D eigenvalue weighted by Gasteiger charge is 2.25. The Labute approximate surface area is 196 Å². The molecule has 2 aliphatic rings. The van der Waals surface area contributed by atoms with Crippen molar-refractivity contribution < 1.29 is 9.53 Å². The Morgan fingerprint density at radius 3 is 2.67 bits per heavy atom. The number of hydrogen-bond donors (Lipinski definition) is 2. The van der Waals surface area contributed by atoms with Gasteiger partial charge in [-0.2, -0.15) is 0 Å². The topological polar surface area (TPSA) is 69.2 Å². The number of guanidine groups is 1. The molecule has 2 aliphatic heterocycles. The molecule has 1 atom stereocenters. The van der Waals surface area contributed by atoms with Gasteiger partial charge in [0.1, 0.15) is 6.10 Å². The Bertz CT molecular complexity index is 1000. The molecule has 176 valence electrons. The van der Waals surface area contributed by atoms with Crippen LogP contribution in [0.4, 0.5) is 10.5 Å². The molecular formula is C26H35N5O2. The first-order valence-electron chi connectivity index (χ1n) is 11.8. The van der Waals surface area contributed by atoms with E-state index in [0.29, 0.717) is 13.2 Å². The first kappa shape index (κ1) is 23.1. The summed E-state index contributed by atoms with van der Waals surface area (Å²) in [5, 5.41) is 6.51. The van der Waals surface area contributed by atoms with Crippen LogP contribution in [0.1, 0.15) is 41.2 Å². The van der Waals surface area contributed by atoms with E-state index in [9.17, 15) is 4.79 Å². The van der Waals surface area contributed by atoms with Gasteiger partial charge in [0.2, 0.25) is 0 Å². The Kier molecular flexibility index (Phi) is 7.50. The molecule has 0 spiro atoms. The van der Waals surface area contributed by atoms with E-state index in [1.54, 1.807) is 0 Å². The average molecular weight is 450 g/mol. The maximum absolute atomic E-state index is 12.4.